The van der Waals surface area contributed by atoms with E-state index >= 15 is 0 Å². The largest absolute Gasteiger partial charge is 0.494 e. The summed E-state index contributed by atoms with van der Waals surface area (Å²) in [7, 11) is -1.03. The molecule has 2 aliphatic heterocycles. The monoisotopic (exact) mass is 814 g/mol. The van der Waals surface area contributed by atoms with E-state index in [9.17, 15) is 14.2 Å². The Bertz CT molecular complexity index is 2140. The lowest BCUT2D eigenvalue weighted by Gasteiger charge is -2.43. The Labute approximate surface area is 340 Å². The van der Waals surface area contributed by atoms with Gasteiger partial charge in [-0.2, -0.15) is 4.98 Å². The summed E-state index contributed by atoms with van der Waals surface area (Å²) in [6.07, 6.45) is 3.03. The maximum atomic E-state index is 13.7. The van der Waals surface area contributed by atoms with E-state index < -0.39 is 12.7 Å². The van der Waals surface area contributed by atoms with Crippen LogP contribution in [-0.4, -0.2) is 103 Å². The summed E-state index contributed by atoms with van der Waals surface area (Å²) >= 11 is 6.55. The minimum Gasteiger partial charge on any atom is -0.494 e. The summed E-state index contributed by atoms with van der Waals surface area (Å²) < 4.78 is 24.5. The molecule has 2 amide bonds. The minimum atomic E-state index is -2.61. The Balaban J connectivity index is 1.23. The Hall–Kier alpha value is -5.10. The lowest BCUT2D eigenvalue weighted by molar-refractivity contribution is -0.111. The maximum Gasteiger partial charge on any atom is 0.410 e. The van der Waals surface area contributed by atoms with Crippen molar-refractivity contribution in [1.29, 1.82) is 0 Å². The Kier molecular flexibility index (Phi) is 12.8. The molecule has 0 radical (unpaired) electrons. The van der Waals surface area contributed by atoms with Crippen LogP contribution in [0.2, 0.25) is 5.02 Å². The molecule has 4 aromatic rings. The van der Waals surface area contributed by atoms with Crippen LogP contribution in [0.4, 0.5) is 39.3 Å². The van der Waals surface area contributed by atoms with Gasteiger partial charge in [0.05, 0.1) is 36.1 Å². The van der Waals surface area contributed by atoms with Crippen LogP contribution in [0.15, 0.2) is 79.5 Å². The van der Waals surface area contributed by atoms with Gasteiger partial charge in [0.2, 0.25) is 5.95 Å². The summed E-state index contributed by atoms with van der Waals surface area (Å²) in [5, 5.41) is 10.6. The van der Waals surface area contributed by atoms with Crippen molar-refractivity contribution in [1.82, 2.24) is 19.8 Å². The summed E-state index contributed by atoms with van der Waals surface area (Å²) in [5.74, 6) is 0.725. The molecule has 302 valence electrons. The number of benzene rings is 3. The van der Waals surface area contributed by atoms with E-state index in [4.69, 9.17) is 21.1 Å². The number of piperazine rings is 1. The van der Waals surface area contributed by atoms with Crippen molar-refractivity contribution < 1.29 is 23.6 Å². The maximum absolute atomic E-state index is 13.7. The molecule has 3 aromatic carbocycles. The standard InChI is InChI=1S/C42H52ClN8O5P/c1-28(29-13-9-8-10-14-29)39(52)46-33-25-34(47-40-44-27-31(43)38(48-40)45-32-15-11-12-16-37(32)57(6,7)54)36(55-5)26-35(33)50-19-17-30(18-20-50)49-21-23-51(24-22-49)41(53)56-42(2,3)4/h8-16,25-27,30H,1,17-24H2,2-7H3,(H,46,52)(H2,44,45,47,48). The van der Waals surface area contributed by atoms with Crippen LogP contribution in [0.3, 0.4) is 0 Å². The van der Waals surface area contributed by atoms with E-state index in [-0.39, 0.29) is 23.0 Å². The van der Waals surface area contributed by atoms with Gasteiger partial charge in [-0.3, -0.25) is 9.69 Å². The van der Waals surface area contributed by atoms with Crippen molar-refractivity contribution in [3.05, 3.63) is 90.1 Å². The number of hydrogen-bond donors (Lipinski definition) is 3. The van der Waals surface area contributed by atoms with Crippen LogP contribution in [0.25, 0.3) is 5.57 Å². The van der Waals surface area contributed by atoms with Crippen molar-refractivity contribution in [3.8, 4) is 5.75 Å². The van der Waals surface area contributed by atoms with Gasteiger partial charge < -0.3 is 39.8 Å². The molecule has 0 atom stereocenters. The summed E-state index contributed by atoms with van der Waals surface area (Å²) in [5.41, 5.74) is 3.04. The van der Waals surface area contributed by atoms with E-state index in [0.29, 0.717) is 58.6 Å². The molecular formula is C42H52ClN8O5P. The number of aromatic nitrogens is 2. The number of carbonyl (C=O) groups excluding carboxylic acids is 2. The summed E-state index contributed by atoms with van der Waals surface area (Å²) in [6.45, 7) is 17.5. The van der Waals surface area contributed by atoms with Crippen molar-refractivity contribution >= 4 is 76.1 Å². The number of ether oxygens (including phenoxy) is 2. The SMILES string of the molecule is C=C(C(=O)Nc1cc(Nc2ncc(Cl)c(Nc3ccccc3P(C)(C)=O)n2)c(OC)cc1N1CCC(N2CCN(C(=O)OC(C)(C)C)CC2)CC1)c1ccccc1. The number of halogens is 1. The zero-order valence-electron chi connectivity index (χ0n) is 33.5. The van der Waals surface area contributed by atoms with Gasteiger partial charge >= 0.3 is 6.09 Å². The molecule has 0 spiro atoms. The van der Waals surface area contributed by atoms with Gasteiger partial charge in [-0.05, 0) is 70.7 Å². The van der Waals surface area contributed by atoms with Crippen LogP contribution < -0.4 is 30.9 Å². The second-order valence-corrected chi connectivity index (χ2v) is 19.2. The van der Waals surface area contributed by atoms with Crippen molar-refractivity contribution in [2.45, 2.75) is 45.3 Å². The van der Waals surface area contributed by atoms with Crippen LogP contribution in [0, 0.1) is 0 Å². The van der Waals surface area contributed by atoms with E-state index in [2.05, 4.69) is 42.3 Å². The Morgan fingerprint density at radius 1 is 0.895 bits per heavy atom. The third-order valence-electron chi connectivity index (χ3n) is 9.98. The van der Waals surface area contributed by atoms with Crippen molar-refractivity contribution in [2.24, 2.45) is 0 Å². The quantitative estimate of drug-likeness (QED) is 0.100. The van der Waals surface area contributed by atoms with Gasteiger partial charge in [0.1, 0.15) is 23.5 Å². The molecule has 15 heteroatoms. The average Bonchev–Trinajstić information content (AvgIpc) is 3.18. The molecule has 13 nitrogen and oxygen atoms in total. The normalized spacial score (nSPS) is 15.5. The second-order valence-electron chi connectivity index (χ2n) is 15.6. The van der Waals surface area contributed by atoms with Crippen LogP contribution in [-0.2, 0) is 14.1 Å². The highest BCUT2D eigenvalue weighted by atomic mass is 35.5. The molecule has 2 aliphatic rings. The molecule has 6 rings (SSSR count). The van der Waals surface area contributed by atoms with Crippen molar-refractivity contribution in [2.75, 3.05) is 80.6 Å². The summed E-state index contributed by atoms with van der Waals surface area (Å²) in [6, 6.07) is 20.8. The van der Waals surface area contributed by atoms with E-state index in [0.717, 1.165) is 50.3 Å². The molecule has 1 aromatic heterocycles. The Morgan fingerprint density at radius 2 is 1.56 bits per heavy atom. The van der Waals surface area contributed by atoms with Gasteiger partial charge in [-0.1, -0.05) is 60.6 Å². The number of anilines is 6. The predicted octanol–water partition coefficient (Wildman–Crippen LogP) is 8.05. The lowest BCUT2D eigenvalue weighted by Crippen LogP contribution is -2.55. The van der Waals surface area contributed by atoms with Crippen LogP contribution in [0.1, 0.15) is 39.2 Å². The highest BCUT2D eigenvalue weighted by molar-refractivity contribution is 7.70. The van der Waals surface area contributed by atoms with Gasteiger partial charge in [0, 0.05) is 62.3 Å². The molecule has 0 saturated carbocycles. The van der Waals surface area contributed by atoms with Crippen LogP contribution in [0.5, 0.6) is 5.75 Å². The first-order chi connectivity index (χ1) is 27.1. The average molecular weight is 815 g/mol. The molecule has 3 N–H and O–H groups in total. The zero-order chi connectivity index (χ0) is 40.9. The molecule has 2 fully saturated rings. The van der Waals surface area contributed by atoms with E-state index in [1.165, 1.54) is 6.20 Å². The smallest absolute Gasteiger partial charge is 0.410 e. The third-order valence-corrected chi connectivity index (χ3v) is 11.8. The fourth-order valence-electron chi connectivity index (χ4n) is 7.05. The van der Waals surface area contributed by atoms with Gasteiger partial charge in [0.15, 0.2) is 5.82 Å². The molecule has 0 unspecified atom stereocenters. The predicted molar refractivity (Wildman–Crippen MR) is 231 cm³/mol. The fraction of sp³-hybridized carbons (Fsp3) is 0.381. The number of amides is 2. The second kappa shape index (κ2) is 17.6. The number of nitrogens with zero attached hydrogens (tertiary/aromatic N) is 5. The van der Waals surface area contributed by atoms with Crippen LogP contribution >= 0.6 is 18.7 Å². The van der Waals surface area contributed by atoms with E-state index in [1.807, 2.05) is 87.5 Å². The molecule has 0 aliphatic carbocycles. The number of piperidine rings is 1. The molecule has 2 saturated heterocycles. The number of rotatable bonds is 11. The van der Waals surface area contributed by atoms with Gasteiger partial charge in [-0.15, -0.1) is 0 Å². The molecule has 57 heavy (non-hydrogen) atoms. The Morgan fingerprint density at radius 3 is 2.21 bits per heavy atom. The first kappa shape index (κ1) is 41.5. The highest BCUT2D eigenvalue weighted by Crippen LogP contribution is 2.41. The zero-order valence-corrected chi connectivity index (χ0v) is 35.1. The minimum absolute atomic E-state index is 0.222. The lowest BCUT2D eigenvalue weighted by atomic mass is 10.0. The highest BCUT2D eigenvalue weighted by Gasteiger charge is 2.32. The van der Waals surface area contributed by atoms with Gasteiger partial charge in [-0.25, -0.2) is 9.78 Å². The fourth-order valence-corrected chi connectivity index (χ4v) is 8.34. The molecule has 0 bridgehead atoms. The van der Waals surface area contributed by atoms with E-state index in [1.54, 1.807) is 25.3 Å². The van der Waals surface area contributed by atoms with Crippen molar-refractivity contribution in [3.63, 3.8) is 0 Å². The first-order valence-corrected chi connectivity index (χ1v) is 22.0. The number of nitrogens with one attached hydrogen (secondary N) is 3. The third kappa shape index (κ3) is 10.5. The number of methoxy groups -OCH3 is 1. The first-order valence-electron chi connectivity index (χ1n) is 19.1. The number of hydrogen-bond acceptors (Lipinski definition) is 11. The number of para-hydroxylation sites is 1. The summed E-state index contributed by atoms with van der Waals surface area (Å²) in [4.78, 5) is 42.0. The molecular weight excluding hydrogens is 763 g/mol. The topological polar surface area (TPSA) is 141 Å². The van der Waals surface area contributed by atoms with Gasteiger partial charge in [0.25, 0.3) is 5.91 Å². The number of carbonyl (C=O) groups is 2. The molecule has 3 heterocycles.